The van der Waals surface area contributed by atoms with E-state index in [0.717, 1.165) is 26.7 Å². The van der Waals surface area contributed by atoms with Crippen LogP contribution in [0, 0.1) is 13.8 Å². The van der Waals surface area contributed by atoms with Gasteiger partial charge >= 0.3 is 0 Å². The zero-order valence-corrected chi connectivity index (χ0v) is 18.9. The first-order chi connectivity index (χ1) is 14.0. The average Bonchev–Trinajstić information content (AvgIpc) is 2.68. The Kier molecular flexibility index (Phi) is 7.58. The summed E-state index contributed by atoms with van der Waals surface area (Å²) in [5, 5.41) is 6.51. The Morgan fingerprint density at radius 1 is 1.10 bits per heavy atom. The molecular weight excluding hydrogens is 404 g/mol. The molecule has 0 fully saturated rings. The highest BCUT2D eigenvalue weighted by atomic mass is 32.2. The van der Waals surface area contributed by atoms with Gasteiger partial charge in [0, 0.05) is 39.6 Å². The van der Waals surface area contributed by atoms with Crippen molar-refractivity contribution in [3.8, 4) is 0 Å². The number of nitrogens with one attached hydrogen (secondary N) is 1. The minimum atomic E-state index is -3.61. The van der Waals surface area contributed by atoms with Crippen molar-refractivity contribution in [2.24, 2.45) is 5.16 Å². The molecule has 0 bridgehead atoms. The fourth-order valence-electron chi connectivity index (χ4n) is 2.55. The van der Waals surface area contributed by atoms with Crippen molar-refractivity contribution >= 4 is 33.5 Å². The Morgan fingerprint density at radius 2 is 1.73 bits per heavy atom. The van der Waals surface area contributed by atoms with E-state index in [1.807, 2.05) is 50.2 Å². The standard InChI is InChI=1S/C21H28N4O4S/c1-15-11-19(30(27,28)25(5)6)12-20(16(15)2)23-21(26)14-29-22-13-17-7-9-18(10-8-17)24(3)4/h7-13H,14H2,1-6H3,(H,23,26)/b22-13+. The van der Waals surface area contributed by atoms with Crippen LogP contribution in [0.3, 0.4) is 0 Å². The largest absolute Gasteiger partial charge is 0.386 e. The van der Waals surface area contributed by atoms with E-state index >= 15 is 0 Å². The maximum absolute atomic E-state index is 12.4. The molecule has 0 saturated carbocycles. The Bertz CT molecular complexity index is 1030. The van der Waals surface area contributed by atoms with Gasteiger partial charge in [-0.3, -0.25) is 4.79 Å². The van der Waals surface area contributed by atoms with Crippen molar-refractivity contribution in [3.05, 3.63) is 53.1 Å². The third-order valence-corrected chi connectivity index (χ3v) is 6.37. The lowest BCUT2D eigenvalue weighted by molar-refractivity contribution is -0.120. The molecule has 0 aromatic heterocycles. The van der Waals surface area contributed by atoms with Gasteiger partial charge in [0.2, 0.25) is 10.0 Å². The number of rotatable bonds is 8. The average molecular weight is 433 g/mol. The zero-order chi connectivity index (χ0) is 22.5. The molecule has 162 valence electrons. The van der Waals surface area contributed by atoms with E-state index in [1.54, 1.807) is 13.0 Å². The highest BCUT2D eigenvalue weighted by Crippen LogP contribution is 2.25. The quantitative estimate of drug-likeness (QED) is 0.511. The molecule has 0 unspecified atom stereocenters. The Morgan fingerprint density at radius 3 is 2.30 bits per heavy atom. The van der Waals surface area contributed by atoms with Crippen molar-refractivity contribution in [2.45, 2.75) is 18.7 Å². The monoisotopic (exact) mass is 432 g/mol. The molecule has 0 atom stereocenters. The maximum atomic E-state index is 12.4. The van der Waals surface area contributed by atoms with E-state index in [-0.39, 0.29) is 11.5 Å². The maximum Gasteiger partial charge on any atom is 0.265 e. The third-order valence-electron chi connectivity index (χ3n) is 4.57. The first-order valence-electron chi connectivity index (χ1n) is 9.28. The minimum absolute atomic E-state index is 0.117. The predicted molar refractivity (Wildman–Crippen MR) is 120 cm³/mol. The van der Waals surface area contributed by atoms with Crippen LogP contribution in [0.15, 0.2) is 46.4 Å². The van der Waals surface area contributed by atoms with Crippen molar-refractivity contribution in [1.29, 1.82) is 0 Å². The lowest BCUT2D eigenvalue weighted by Gasteiger charge is -2.16. The summed E-state index contributed by atoms with van der Waals surface area (Å²) in [6, 6.07) is 10.7. The van der Waals surface area contributed by atoms with Crippen LogP contribution in [-0.4, -0.2) is 59.6 Å². The smallest absolute Gasteiger partial charge is 0.265 e. The van der Waals surface area contributed by atoms with Gasteiger partial charge in [-0.1, -0.05) is 17.3 Å². The molecule has 0 heterocycles. The van der Waals surface area contributed by atoms with E-state index in [1.165, 1.54) is 26.4 Å². The number of nitrogens with zero attached hydrogens (tertiary/aromatic N) is 3. The zero-order valence-electron chi connectivity index (χ0n) is 18.1. The van der Waals surface area contributed by atoms with Gasteiger partial charge in [-0.05, 0) is 54.8 Å². The number of carbonyl (C=O) groups is 1. The Balaban J connectivity index is 2.01. The molecule has 0 radical (unpaired) electrons. The summed E-state index contributed by atoms with van der Waals surface area (Å²) in [5.41, 5.74) is 3.87. The number of carbonyl (C=O) groups excluding carboxylic acids is 1. The van der Waals surface area contributed by atoms with Crippen LogP contribution in [0.2, 0.25) is 0 Å². The molecule has 9 heteroatoms. The first-order valence-corrected chi connectivity index (χ1v) is 10.7. The summed E-state index contributed by atoms with van der Waals surface area (Å²) in [7, 11) is 3.23. The number of amides is 1. The molecule has 2 aromatic carbocycles. The van der Waals surface area contributed by atoms with Crippen LogP contribution in [0.4, 0.5) is 11.4 Å². The fourth-order valence-corrected chi connectivity index (χ4v) is 3.57. The molecule has 8 nitrogen and oxygen atoms in total. The molecule has 0 aliphatic rings. The molecule has 0 spiro atoms. The van der Waals surface area contributed by atoms with Crippen LogP contribution in [-0.2, 0) is 19.7 Å². The van der Waals surface area contributed by atoms with Crippen molar-refractivity contribution in [2.75, 3.05) is 45.0 Å². The van der Waals surface area contributed by atoms with Crippen LogP contribution < -0.4 is 10.2 Å². The van der Waals surface area contributed by atoms with Crippen LogP contribution in [0.1, 0.15) is 16.7 Å². The van der Waals surface area contributed by atoms with E-state index in [4.69, 9.17) is 4.84 Å². The number of benzene rings is 2. The Labute approximate surface area is 178 Å². The summed E-state index contributed by atoms with van der Waals surface area (Å²) in [5.74, 6) is -0.433. The van der Waals surface area contributed by atoms with Crippen LogP contribution >= 0.6 is 0 Å². The highest BCUT2D eigenvalue weighted by molar-refractivity contribution is 7.89. The van der Waals surface area contributed by atoms with Gasteiger partial charge in [-0.25, -0.2) is 12.7 Å². The molecule has 1 amide bonds. The lowest BCUT2D eigenvalue weighted by atomic mass is 10.1. The van der Waals surface area contributed by atoms with Crippen molar-refractivity contribution < 1.29 is 18.0 Å². The van der Waals surface area contributed by atoms with Crippen molar-refractivity contribution in [1.82, 2.24) is 4.31 Å². The highest BCUT2D eigenvalue weighted by Gasteiger charge is 2.20. The number of aryl methyl sites for hydroxylation is 1. The fraction of sp³-hybridized carbons (Fsp3) is 0.333. The molecule has 1 N–H and O–H groups in total. The van der Waals surface area contributed by atoms with Gasteiger partial charge in [0.05, 0.1) is 11.1 Å². The molecular formula is C21H28N4O4S. The SMILES string of the molecule is Cc1cc(S(=O)(=O)N(C)C)cc(NC(=O)CO/N=C/c2ccc(N(C)C)cc2)c1C. The molecule has 2 aromatic rings. The van der Waals surface area contributed by atoms with E-state index in [0.29, 0.717) is 5.69 Å². The molecule has 2 rings (SSSR count). The molecule has 30 heavy (non-hydrogen) atoms. The lowest BCUT2D eigenvalue weighted by Crippen LogP contribution is -2.23. The van der Waals surface area contributed by atoms with Gasteiger partial charge in [0.15, 0.2) is 6.61 Å². The number of anilines is 2. The number of hydrogen-bond donors (Lipinski definition) is 1. The van der Waals surface area contributed by atoms with E-state index < -0.39 is 15.9 Å². The second-order valence-corrected chi connectivity index (χ2v) is 9.39. The summed E-state index contributed by atoms with van der Waals surface area (Å²) < 4.78 is 25.9. The number of sulfonamides is 1. The van der Waals surface area contributed by atoms with Crippen LogP contribution in [0.25, 0.3) is 0 Å². The number of hydrogen-bond acceptors (Lipinski definition) is 6. The predicted octanol–water partition coefficient (Wildman–Crippen LogP) is 2.61. The summed E-state index contributed by atoms with van der Waals surface area (Å²) in [6.45, 7) is 3.31. The summed E-state index contributed by atoms with van der Waals surface area (Å²) in [4.78, 5) is 19.4. The Hall–Kier alpha value is -2.91. The van der Waals surface area contributed by atoms with E-state index in [2.05, 4.69) is 10.5 Å². The minimum Gasteiger partial charge on any atom is -0.386 e. The molecule has 0 saturated heterocycles. The molecule has 0 aliphatic carbocycles. The summed E-state index contributed by atoms with van der Waals surface area (Å²) >= 11 is 0. The second-order valence-electron chi connectivity index (χ2n) is 7.24. The van der Waals surface area contributed by atoms with Gasteiger partial charge < -0.3 is 15.1 Å². The molecule has 0 aliphatic heterocycles. The third kappa shape index (κ3) is 5.80. The normalized spacial score (nSPS) is 11.7. The van der Waals surface area contributed by atoms with Gasteiger partial charge in [0.1, 0.15) is 0 Å². The first kappa shape index (κ1) is 23.4. The van der Waals surface area contributed by atoms with Crippen molar-refractivity contribution in [3.63, 3.8) is 0 Å². The summed E-state index contributed by atoms with van der Waals surface area (Å²) in [6.07, 6.45) is 1.52. The number of oxime groups is 1. The van der Waals surface area contributed by atoms with Crippen LogP contribution in [0.5, 0.6) is 0 Å². The van der Waals surface area contributed by atoms with E-state index in [9.17, 15) is 13.2 Å². The van der Waals surface area contributed by atoms with Gasteiger partial charge in [-0.15, -0.1) is 0 Å². The topological polar surface area (TPSA) is 91.3 Å². The van der Waals surface area contributed by atoms with Gasteiger partial charge in [-0.2, -0.15) is 0 Å². The second kappa shape index (κ2) is 9.73. The van der Waals surface area contributed by atoms with Gasteiger partial charge in [0.25, 0.3) is 5.91 Å².